The quantitative estimate of drug-likeness (QED) is 0.837. The molecule has 1 aromatic carbocycles. The van der Waals surface area contributed by atoms with Crippen molar-refractivity contribution in [2.75, 3.05) is 11.1 Å². The van der Waals surface area contributed by atoms with E-state index in [9.17, 15) is 14.4 Å². The summed E-state index contributed by atoms with van der Waals surface area (Å²) in [5, 5.41) is 6.50. The number of anilines is 1. The highest BCUT2D eigenvalue weighted by molar-refractivity contribution is 8.14. The molecule has 8 heteroatoms. The van der Waals surface area contributed by atoms with Gasteiger partial charge in [0.05, 0.1) is 18.0 Å². The van der Waals surface area contributed by atoms with Crippen molar-refractivity contribution < 1.29 is 18.9 Å². The van der Waals surface area contributed by atoms with E-state index >= 15 is 0 Å². The minimum atomic E-state index is -0.216. The van der Waals surface area contributed by atoms with Crippen molar-refractivity contribution >= 4 is 34.5 Å². The van der Waals surface area contributed by atoms with Crippen molar-refractivity contribution in [1.82, 2.24) is 10.1 Å². The van der Waals surface area contributed by atoms with Crippen LogP contribution in [0.3, 0.4) is 0 Å². The van der Waals surface area contributed by atoms with Gasteiger partial charge < -0.3 is 9.84 Å². The minimum absolute atomic E-state index is 0.0981. The van der Waals surface area contributed by atoms with Crippen LogP contribution in [0.25, 0.3) is 0 Å². The van der Waals surface area contributed by atoms with E-state index in [-0.39, 0.29) is 29.4 Å². The summed E-state index contributed by atoms with van der Waals surface area (Å²) in [7, 11) is 0. The third-order valence-electron chi connectivity index (χ3n) is 4.20. The number of imide groups is 1. The van der Waals surface area contributed by atoms with Crippen molar-refractivity contribution in [3.05, 3.63) is 46.8 Å². The Bertz CT molecular complexity index is 809. The molecular weight excluding hydrogens is 354 g/mol. The van der Waals surface area contributed by atoms with Crippen LogP contribution in [0, 0.1) is 13.8 Å². The molecule has 1 fully saturated rings. The molecule has 0 saturated carbocycles. The molecular formula is C18H19N3O4S. The second kappa shape index (κ2) is 7.74. The largest absolute Gasteiger partial charge is 0.361 e. The summed E-state index contributed by atoms with van der Waals surface area (Å²) in [6, 6.07) is 7.13. The Morgan fingerprint density at radius 3 is 2.58 bits per heavy atom. The van der Waals surface area contributed by atoms with Crippen LogP contribution in [-0.2, 0) is 22.6 Å². The number of carbonyl (C=O) groups excluding carboxylic acids is 3. The van der Waals surface area contributed by atoms with Crippen LogP contribution in [-0.4, -0.2) is 32.9 Å². The van der Waals surface area contributed by atoms with Gasteiger partial charge in [0.1, 0.15) is 5.76 Å². The molecule has 0 atom stereocenters. The van der Waals surface area contributed by atoms with Gasteiger partial charge in [0.25, 0.3) is 5.24 Å². The monoisotopic (exact) mass is 373 g/mol. The van der Waals surface area contributed by atoms with Gasteiger partial charge in [-0.2, -0.15) is 0 Å². The smallest absolute Gasteiger partial charge is 0.289 e. The number of nitrogens with zero attached hydrogens (tertiary/aromatic N) is 2. The number of rotatable bonds is 6. The molecule has 3 amide bonds. The molecule has 2 aromatic rings. The number of thioether (sulfide) groups is 1. The van der Waals surface area contributed by atoms with Crippen LogP contribution in [0.2, 0.25) is 0 Å². The number of aryl methyl sites for hydroxylation is 2. The van der Waals surface area contributed by atoms with E-state index in [2.05, 4.69) is 10.5 Å². The number of nitrogens with one attached hydrogen (secondary N) is 1. The molecule has 1 aliphatic heterocycles. The number of carbonyl (C=O) groups is 3. The van der Waals surface area contributed by atoms with Crippen molar-refractivity contribution in [3.8, 4) is 0 Å². The van der Waals surface area contributed by atoms with E-state index in [0.29, 0.717) is 18.5 Å². The molecule has 1 N–H and O–H groups in total. The fourth-order valence-electron chi connectivity index (χ4n) is 2.73. The molecule has 0 spiro atoms. The van der Waals surface area contributed by atoms with Gasteiger partial charge in [-0.3, -0.25) is 19.3 Å². The zero-order chi connectivity index (χ0) is 18.7. The first-order chi connectivity index (χ1) is 12.4. The van der Waals surface area contributed by atoms with Gasteiger partial charge in [0.15, 0.2) is 0 Å². The summed E-state index contributed by atoms with van der Waals surface area (Å²) >= 11 is 1.02. The third kappa shape index (κ3) is 4.13. The summed E-state index contributed by atoms with van der Waals surface area (Å²) in [4.78, 5) is 36.6. The standard InChI is InChI=1S/C18H19N3O4S/c1-11-15(12(2)25-20-11)7-8-16(22)19-14-5-3-13(4-6-14)9-21-17(23)10-26-18(21)24/h3-6H,7-10H2,1-2H3,(H,19,22). The molecule has 7 nitrogen and oxygen atoms in total. The van der Waals surface area contributed by atoms with Gasteiger partial charge in [0, 0.05) is 17.7 Å². The highest BCUT2D eigenvalue weighted by Gasteiger charge is 2.29. The minimum Gasteiger partial charge on any atom is -0.361 e. The van der Waals surface area contributed by atoms with Crippen LogP contribution in [0.5, 0.6) is 0 Å². The van der Waals surface area contributed by atoms with Gasteiger partial charge in [0.2, 0.25) is 11.8 Å². The first kappa shape index (κ1) is 18.2. The first-order valence-electron chi connectivity index (χ1n) is 8.21. The Balaban J connectivity index is 1.53. The van der Waals surface area contributed by atoms with Gasteiger partial charge in [-0.25, -0.2) is 0 Å². The predicted molar refractivity (Wildman–Crippen MR) is 97.8 cm³/mol. The maximum Gasteiger partial charge on any atom is 0.289 e. The average molecular weight is 373 g/mol. The average Bonchev–Trinajstić information content (AvgIpc) is 3.10. The van der Waals surface area contributed by atoms with E-state index in [0.717, 1.165) is 34.3 Å². The first-order valence-corrected chi connectivity index (χ1v) is 9.20. The molecule has 1 saturated heterocycles. The number of hydrogen-bond acceptors (Lipinski definition) is 6. The SMILES string of the molecule is Cc1noc(C)c1CCC(=O)Nc1ccc(CN2C(=O)CSC2=O)cc1. The van der Waals surface area contributed by atoms with Crippen LogP contribution in [0.4, 0.5) is 10.5 Å². The Kier molecular flexibility index (Phi) is 5.41. The Morgan fingerprint density at radius 1 is 1.27 bits per heavy atom. The van der Waals surface area contributed by atoms with E-state index in [1.54, 1.807) is 24.3 Å². The van der Waals surface area contributed by atoms with Gasteiger partial charge >= 0.3 is 0 Å². The summed E-state index contributed by atoms with van der Waals surface area (Å²) < 4.78 is 5.09. The summed E-state index contributed by atoms with van der Waals surface area (Å²) in [5.74, 6) is 0.678. The highest BCUT2D eigenvalue weighted by atomic mass is 32.2. The van der Waals surface area contributed by atoms with Gasteiger partial charge in [-0.1, -0.05) is 29.1 Å². The molecule has 0 unspecified atom stereocenters. The molecule has 26 heavy (non-hydrogen) atoms. The molecule has 0 aliphatic carbocycles. The lowest BCUT2D eigenvalue weighted by Crippen LogP contribution is -2.27. The number of benzene rings is 1. The van der Waals surface area contributed by atoms with E-state index < -0.39 is 0 Å². The molecule has 136 valence electrons. The lowest BCUT2D eigenvalue weighted by Gasteiger charge is -2.13. The van der Waals surface area contributed by atoms with Crippen LogP contribution in [0.15, 0.2) is 28.8 Å². The number of hydrogen-bond donors (Lipinski definition) is 1. The van der Waals surface area contributed by atoms with Crippen LogP contribution in [0.1, 0.15) is 29.0 Å². The van der Waals surface area contributed by atoms with Crippen molar-refractivity contribution in [3.63, 3.8) is 0 Å². The maximum atomic E-state index is 12.1. The third-order valence-corrected chi connectivity index (χ3v) is 5.06. The Hall–Kier alpha value is -2.61. The highest BCUT2D eigenvalue weighted by Crippen LogP contribution is 2.22. The van der Waals surface area contributed by atoms with Crippen molar-refractivity contribution in [2.24, 2.45) is 0 Å². The summed E-state index contributed by atoms with van der Waals surface area (Å²) in [5.41, 5.74) is 3.28. The molecule has 1 aromatic heterocycles. The molecule has 0 radical (unpaired) electrons. The number of amides is 3. The summed E-state index contributed by atoms with van der Waals surface area (Å²) in [6.07, 6.45) is 0.903. The van der Waals surface area contributed by atoms with Crippen LogP contribution < -0.4 is 5.32 Å². The van der Waals surface area contributed by atoms with E-state index in [1.807, 2.05) is 13.8 Å². The lowest BCUT2D eigenvalue weighted by atomic mass is 10.1. The lowest BCUT2D eigenvalue weighted by molar-refractivity contribution is -0.125. The zero-order valence-corrected chi connectivity index (χ0v) is 15.4. The normalized spacial score (nSPS) is 14.2. The van der Waals surface area contributed by atoms with E-state index in [1.165, 1.54) is 4.90 Å². The Labute approximate surface area is 155 Å². The Morgan fingerprint density at radius 2 is 2.00 bits per heavy atom. The van der Waals surface area contributed by atoms with Gasteiger partial charge in [-0.05, 0) is 38.0 Å². The molecule has 3 rings (SSSR count). The zero-order valence-electron chi connectivity index (χ0n) is 14.6. The van der Waals surface area contributed by atoms with Crippen molar-refractivity contribution in [2.45, 2.75) is 33.2 Å². The van der Waals surface area contributed by atoms with Crippen LogP contribution >= 0.6 is 11.8 Å². The van der Waals surface area contributed by atoms with Gasteiger partial charge in [-0.15, -0.1) is 0 Å². The molecule has 0 bridgehead atoms. The fourth-order valence-corrected chi connectivity index (χ4v) is 3.46. The molecule has 2 heterocycles. The second-order valence-electron chi connectivity index (χ2n) is 6.08. The second-order valence-corrected chi connectivity index (χ2v) is 7.01. The fraction of sp³-hybridized carbons (Fsp3) is 0.333. The topological polar surface area (TPSA) is 92.5 Å². The number of aromatic nitrogens is 1. The maximum absolute atomic E-state index is 12.1. The van der Waals surface area contributed by atoms with Crippen molar-refractivity contribution in [1.29, 1.82) is 0 Å². The summed E-state index contributed by atoms with van der Waals surface area (Å²) in [6.45, 7) is 3.95. The predicted octanol–water partition coefficient (Wildman–Crippen LogP) is 3.06. The van der Waals surface area contributed by atoms with E-state index in [4.69, 9.17) is 4.52 Å². The molecule has 1 aliphatic rings.